The second kappa shape index (κ2) is 8.10. The fraction of sp³-hybridized carbons (Fsp3) is 0.133. The van der Waals surface area contributed by atoms with E-state index >= 15 is 0 Å². The van der Waals surface area contributed by atoms with Crippen LogP contribution in [-0.2, 0) is 6.42 Å². The van der Waals surface area contributed by atoms with Gasteiger partial charge in [0.2, 0.25) is 0 Å². The van der Waals surface area contributed by atoms with Crippen LogP contribution in [0.5, 0.6) is 0 Å². The number of thiocarbonyl (C=S) groups is 1. The standard InChI is InChI=1S/C15H13Cl2N3O2S/c16-11-3-1-2-10(8-11)6-7-18-15(23)19-14-9-12(20(21)22)4-5-13(14)17/h1-5,8-9H,6-7H2,(H2,18,19,23). The summed E-state index contributed by atoms with van der Waals surface area (Å²) in [5.41, 5.74) is 1.42. The van der Waals surface area contributed by atoms with E-state index in [9.17, 15) is 10.1 Å². The molecule has 2 rings (SSSR count). The number of anilines is 1. The SMILES string of the molecule is O=[N+]([O-])c1ccc(Cl)c(NC(=S)NCCc2cccc(Cl)c2)c1. The van der Waals surface area contributed by atoms with Crippen molar-refractivity contribution in [3.05, 3.63) is 68.2 Å². The molecule has 0 radical (unpaired) electrons. The van der Waals surface area contributed by atoms with E-state index in [0.29, 0.717) is 27.4 Å². The first kappa shape index (κ1) is 17.5. The number of hydrogen-bond acceptors (Lipinski definition) is 3. The van der Waals surface area contributed by atoms with Crippen LogP contribution < -0.4 is 10.6 Å². The van der Waals surface area contributed by atoms with Gasteiger partial charge in [0.25, 0.3) is 5.69 Å². The highest BCUT2D eigenvalue weighted by molar-refractivity contribution is 7.80. The summed E-state index contributed by atoms with van der Waals surface area (Å²) in [6.07, 6.45) is 0.741. The van der Waals surface area contributed by atoms with E-state index in [4.69, 9.17) is 35.4 Å². The Morgan fingerprint density at radius 1 is 1.22 bits per heavy atom. The normalized spacial score (nSPS) is 10.2. The first-order valence-electron chi connectivity index (χ1n) is 6.69. The van der Waals surface area contributed by atoms with Crippen LogP contribution in [0.4, 0.5) is 11.4 Å². The monoisotopic (exact) mass is 369 g/mol. The summed E-state index contributed by atoms with van der Waals surface area (Å²) in [7, 11) is 0. The summed E-state index contributed by atoms with van der Waals surface area (Å²) >= 11 is 17.1. The Morgan fingerprint density at radius 3 is 2.70 bits per heavy atom. The average molecular weight is 370 g/mol. The van der Waals surface area contributed by atoms with Crippen molar-refractivity contribution in [2.75, 3.05) is 11.9 Å². The van der Waals surface area contributed by atoms with Crippen molar-refractivity contribution in [1.29, 1.82) is 0 Å². The zero-order valence-electron chi connectivity index (χ0n) is 11.9. The van der Waals surface area contributed by atoms with Crippen LogP contribution in [0.3, 0.4) is 0 Å². The number of nitrogens with one attached hydrogen (secondary N) is 2. The van der Waals surface area contributed by atoms with Crippen LogP contribution in [0.1, 0.15) is 5.56 Å². The molecule has 0 aliphatic rings. The molecule has 8 heteroatoms. The summed E-state index contributed by atoms with van der Waals surface area (Å²) in [5.74, 6) is 0. The third-order valence-electron chi connectivity index (χ3n) is 3.00. The first-order chi connectivity index (χ1) is 11.0. The maximum absolute atomic E-state index is 10.8. The molecule has 0 heterocycles. The van der Waals surface area contributed by atoms with Gasteiger partial charge in [0, 0.05) is 23.7 Å². The lowest BCUT2D eigenvalue weighted by Gasteiger charge is -2.11. The highest BCUT2D eigenvalue weighted by atomic mass is 35.5. The van der Waals surface area contributed by atoms with Crippen molar-refractivity contribution in [3.8, 4) is 0 Å². The van der Waals surface area contributed by atoms with Crippen molar-refractivity contribution >= 4 is 51.9 Å². The summed E-state index contributed by atoms with van der Waals surface area (Å²) in [6, 6.07) is 11.7. The van der Waals surface area contributed by atoms with Crippen molar-refractivity contribution in [1.82, 2.24) is 5.32 Å². The second-order valence-electron chi connectivity index (χ2n) is 4.68. The fourth-order valence-corrected chi connectivity index (χ4v) is 2.49. The van der Waals surface area contributed by atoms with E-state index in [1.807, 2.05) is 24.3 Å². The Hall–Kier alpha value is -1.89. The van der Waals surface area contributed by atoms with Crippen LogP contribution in [0, 0.1) is 10.1 Å². The summed E-state index contributed by atoms with van der Waals surface area (Å²) in [4.78, 5) is 10.3. The molecule has 0 bridgehead atoms. The molecule has 120 valence electrons. The molecule has 0 saturated carbocycles. The molecule has 0 spiro atoms. The van der Waals surface area contributed by atoms with Crippen LogP contribution >= 0.6 is 35.4 Å². The number of nitro groups is 1. The molecule has 0 atom stereocenters. The smallest absolute Gasteiger partial charge is 0.271 e. The maximum Gasteiger partial charge on any atom is 0.271 e. The third-order valence-corrected chi connectivity index (χ3v) is 3.81. The third kappa shape index (κ3) is 5.35. The maximum atomic E-state index is 10.8. The van der Waals surface area contributed by atoms with Crippen LogP contribution in [0.2, 0.25) is 10.0 Å². The van der Waals surface area contributed by atoms with Gasteiger partial charge in [-0.25, -0.2) is 0 Å². The van der Waals surface area contributed by atoms with Gasteiger partial charge in [0.15, 0.2) is 5.11 Å². The van der Waals surface area contributed by atoms with Gasteiger partial charge in [-0.15, -0.1) is 0 Å². The lowest BCUT2D eigenvalue weighted by molar-refractivity contribution is -0.384. The molecule has 2 N–H and O–H groups in total. The molecule has 2 aromatic carbocycles. The zero-order chi connectivity index (χ0) is 16.8. The molecule has 0 aliphatic heterocycles. The summed E-state index contributed by atoms with van der Waals surface area (Å²) in [6.45, 7) is 0.596. The number of halogens is 2. The van der Waals surface area contributed by atoms with Crippen molar-refractivity contribution in [2.24, 2.45) is 0 Å². The number of hydrogen-bond donors (Lipinski definition) is 2. The predicted octanol–water partition coefficient (Wildman–Crippen LogP) is 4.43. The van der Waals surface area contributed by atoms with Crippen LogP contribution in [0.15, 0.2) is 42.5 Å². The van der Waals surface area contributed by atoms with Gasteiger partial charge < -0.3 is 10.6 Å². The minimum atomic E-state index is -0.489. The van der Waals surface area contributed by atoms with Crippen molar-refractivity contribution in [3.63, 3.8) is 0 Å². The molecule has 0 aliphatic carbocycles. The Kier molecular flexibility index (Phi) is 6.15. The second-order valence-corrected chi connectivity index (χ2v) is 5.93. The largest absolute Gasteiger partial charge is 0.362 e. The first-order valence-corrected chi connectivity index (χ1v) is 7.85. The predicted molar refractivity (Wildman–Crippen MR) is 97.5 cm³/mol. The molecule has 0 amide bonds. The highest BCUT2D eigenvalue weighted by Gasteiger charge is 2.10. The quantitative estimate of drug-likeness (QED) is 0.463. The Labute approximate surface area is 148 Å². The van der Waals surface area contributed by atoms with E-state index < -0.39 is 4.92 Å². The van der Waals surface area contributed by atoms with E-state index in [-0.39, 0.29) is 5.69 Å². The number of rotatable bonds is 5. The van der Waals surface area contributed by atoms with E-state index in [2.05, 4.69) is 10.6 Å². The minimum Gasteiger partial charge on any atom is -0.362 e. The highest BCUT2D eigenvalue weighted by Crippen LogP contribution is 2.26. The van der Waals surface area contributed by atoms with E-state index in [0.717, 1.165) is 12.0 Å². The summed E-state index contributed by atoms with van der Waals surface area (Å²) in [5, 5.41) is 18.1. The van der Waals surface area contributed by atoms with Crippen LogP contribution in [0.25, 0.3) is 0 Å². The van der Waals surface area contributed by atoms with Gasteiger partial charge in [0.1, 0.15) is 0 Å². The molecule has 0 fully saturated rings. The summed E-state index contributed by atoms with van der Waals surface area (Å²) < 4.78 is 0. The molecule has 0 unspecified atom stereocenters. The van der Waals surface area contributed by atoms with Crippen LogP contribution in [-0.4, -0.2) is 16.6 Å². The minimum absolute atomic E-state index is 0.0568. The van der Waals surface area contributed by atoms with Gasteiger partial charge in [0.05, 0.1) is 15.6 Å². The number of non-ortho nitro benzene ring substituents is 1. The molecule has 23 heavy (non-hydrogen) atoms. The number of nitro benzene ring substituents is 1. The fourth-order valence-electron chi connectivity index (χ4n) is 1.90. The molecular formula is C15H13Cl2N3O2S. The Bertz CT molecular complexity index is 740. The van der Waals surface area contributed by atoms with Crippen molar-refractivity contribution in [2.45, 2.75) is 6.42 Å². The molecule has 5 nitrogen and oxygen atoms in total. The molecule has 2 aromatic rings. The lowest BCUT2D eigenvalue weighted by atomic mass is 10.1. The Balaban J connectivity index is 1.90. The van der Waals surface area contributed by atoms with E-state index in [1.54, 1.807) is 0 Å². The zero-order valence-corrected chi connectivity index (χ0v) is 14.2. The number of benzene rings is 2. The number of nitrogens with zero attached hydrogens (tertiary/aromatic N) is 1. The Morgan fingerprint density at radius 2 is 2.00 bits per heavy atom. The van der Waals surface area contributed by atoms with E-state index in [1.165, 1.54) is 18.2 Å². The van der Waals surface area contributed by atoms with Gasteiger partial charge in [-0.05, 0) is 42.4 Å². The molecule has 0 aromatic heterocycles. The van der Waals surface area contributed by atoms with Gasteiger partial charge in [-0.3, -0.25) is 10.1 Å². The lowest BCUT2D eigenvalue weighted by Crippen LogP contribution is -2.30. The molecular weight excluding hydrogens is 357 g/mol. The average Bonchev–Trinajstić information content (AvgIpc) is 2.49. The van der Waals surface area contributed by atoms with Gasteiger partial charge in [-0.2, -0.15) is 0 Å². The topological polar surface area (TPSA) is 67.2 Å². The van der Waals surface area contributed by atoms with Gasteiger partial charge >= 0.3 is 0 Å². The van der Waals surface area contributed by atoms with Crippen molar-refractivity contribution < 1.29 is 4.92 Å². The van der Waals surface area contributed by atoms with Gasteiger partial charge in [-0.1, -0.05) is 35.3 Å². The molecule has 0 saturated heterocycles.